The van der Waals surface area contributed by atoms with Crippen LogP contribution in [0.15, 0.2) is 94.5 Å². The molecule has 0 unspecified atom stereocenters. The van der Waals surface area contributed by atoms with Crippen LogP contribution >= 0.6 is 11.8 Å². The minimum absolute atomic E-state index is 0.0356. The van der Waals surface area contributed by atoms with Gasteiger partial charge >= 0.3 is 0 Å². The molecule has 1 N–H and O–H groups in total. The molecule has 3 aromatic carbocycles. The van der Waals surface area contributed by atoms with Crippen LogP contribution in [0.2, 0.25) is 0 Å². The molecule has 6 rings (SSSR count). The van der Waals surface area contributed by atoms with E-state index in [0.29, 0.717) is 5.17 Å². The summed E-state index contributed by atoms with van der Waals surface area (Å²) in [5, 5.41) is 18.2. The molecule has 1 aromatic heterocycles. The van der Waals surface area contributed by atoms with Gasteiger partial charge in [0.25, 0.3) is 5.91 Å². The third-order valence-electron chi connectivity index (χ3n) is 6.25. The lowest BCUT2D eigenvalue weighted by molar-refractivity contribution is -0.114. The first-order valence-electron chi connectivity index (χ1n) is 11.2. The summed E-state index contributed by atoms with van der Waals surface area (Å²) >= 11 is 1.30. The standard InChI is InChI=1S/C28H21N5OS/c1-17-15-21(18(2)32(17)24-14-8-12-19-9-6-7-13-22(19)24)16-23-25(29)33-28(30-26(23)34)35-27(31-33)20-10-4-3-5-11-20/h3-16,29H,1-2H3. The minimum Gasteiger partial charge on any atom is -0.317 e. The lowest BCUT2D eigenvalue weighted by atomic mass is 10.1. The predicted molar refractivity (Wildman–Crippen MR) is 143 cm³/mol. The maximum atomic E-state index is 12.9. The quantitative estimate of drug-likeness (QED) is 0.374. The van der Waals surface area contributed by atoms with Crippen LogP contribution in [-0.4, -0.2) is 31.5 Å². The summed E-state index contributed by atoms with van der Waals surface area (Å²) in [5.74, 6) is -0.387. The largest absolute Gasteiger partial charge is 0.317 e. The molecule has 7 heteroatoms. The number of fused-ring (bicyclic) bond motifs is 2. The van der Waals surface area contributed by atoms with Gasteiger partial charge in [-0.05, 0) is 54.8 Å². The third kappa shape index (κ3) is 3.52. The molecule has 0 saturated heterocycles. The van der Waals surface area contributed by atoms with Crippen molar-refractivity contribution in [1.82, 2.24) is 9.58 Å². The van der Waals surface area contributed by atoms with Gasteiger partial charge in [0, 0.05) is 22.3 Å². The molecule has 0 spiro atoms. The first kappa shape index (κ1) is 21.3. The fourth-order valence-electron chi connectivity index (χ4n) is 4.55. The molecule has 0 atom stereocenters. The maximum Gasteiger partial charge on any atom is 0.283 e. The molecular formula is C28H21N5OS. The van der Waals surface area contributed by atoms with Crippen molar-refractivity contribution in [2.45, 2.75) is 13.8 Å². The Hall–Kier alpha value is -4.23. The van der Waals surface area contributed by atoms with Crippen LogP contribution in [0.5, 0.6) is 0 Å². The summed E-state index contributed by atoms with van der Waals surface area (Å²) in [5.41, 5.74) is 5.16. The molecule has 6 nitrogen and oxygen atoms in total. The van der Waals surface area contributed by atoms with Gasteiger partial charge in [-0.1, -0.05) is 66.7 Å². The number of benzene rings is 3. The Bertz CT molecular complexity index is 1620. The SMILES string of the molecule is Cc1cc(C=C2C(=N)N3N=C(c4ccccc4)SC3=NC2=O)c(C)n1-c1cccc2ccccc12. The van der Waals surface area contributed by atoms with Crippen LogP contribution in [-0.2, 0) is 4.79 Å². The zero-order chi connectivity index (χ0) is 24.1. The lowest BCUT2D eigenvalue weighted by Crippen LogP contribution is -2.35. The van der Waals surface area contributed by atoms with Gasteiger partial charge in [-0.2, -0.15) is 15.1 Å². The third-order valence-corrected chi connectivity index (χ3v) is 7.21. The smallest absolute Gasteiger partial charge is 0.283 e. The number of rotatable bonds is 3. The van der Waals surface area contributed by atoms with Gasteiger partial charge in [0.1, 0.15) is 5.04 Å². The molecule has 0 bridgehead atoms. The van der Waals surface area contributed by atoms with Crippen molar-refractivity contribution in [3.05, 3.63) is 107 Å². The fraction of sp³-hybridized carbons (Fsp3) is 0.0714. The number of aliphatic imine (C=N–C) groups is 1. The molecule has 0 aliphatic carbocycles. The molecule has 1 amide bonds. The van der Waals surface area contributed by atoms with Crippen molar-refractivity contribution in [2.75, 3.05) is 0 Å². The van der Waals surface area contributed by atoms with Crippen LogP contribution in [0.4, 0.5) is 0 Å². The van der Waals surface area contributed by atoms with Gasteiger partial charge in [-0.3, -0.25) is 10.2 Å². The number of amidine groups is 2. The van der Waals surface area contributed by atoms with E-state index in [9.17, 15) is 4.79 Å². The first-order valence-corrected chi connectivity index (χ1v) is 12.1. The van der Waals surface area contributed by atoms with Gasteiger partial charge in [-0.25, -0.2) is 0 Å². The summed E-state index contributed by atoms with van der Waals surface area (Å²) in [4.78, 5) is 17.2. The number of amides is 1. The molecule has 0 fully saturated rings. The van der Waals surface area contributed by atoms with Crippen molar-refractivity contribution >= 4 is 50.6 Å². The second kappa shape index (κ2) is 8.21. The molecule has 3 heterocycles. The number of aryl methyl sites for hydroxylation is 1. The molecule has 2 aliphatic rings. The number of nitrogens with zero attached hydrogens (tertiary/aromatic N) is 4. The number of aromatic nitrogens is 1. The highest BCUT2D eigenvalue weighted by Gasteiger charge is 2.36. The summed E-state index contributed by atoms with van der Waals surface area (Å²) in [7, 11) is 0. The normalized spacial score (nSPS) is 16.6. The maximum absolute atomic E-state index is 12.9. The van der Waals surface area contributed by atoms with Crippen LogP contribution in [0, 0.1) is 19.3 Å². The monoisotopic (exact) mass is 475 g/mol. The van der Waals surface area contributed by atoms with Gasteiger partial charge in [0.05, 0.1) is 11.3 Å². The Morgan fingerprint density at radius 1 is 0.943 bits per heavy atom. The molecule has 35 heavy (non-hydrogen) atoms. The van der Waals surface area contributed by atoms with Gasteiger partial charge in [-0.15, -0.1) is 0 Å². The van der Waals surface area contributed by atoms with Gasteiger partial charge in [0.2, 0.25) is 5.17 Å². The number of hydrazone groups is 1. The number of carbonyl (C=O) groups excluding carboxylic acids is 1. The molecule has 0 saturated carbocycles. The number of thioether (sulfide) groups is 1. The van der Waals surface area contributed by atoms with E-state index < -0.39 is 5.91 Å². The summed E-state index contributed by atoms with van der Waals surface area (Å²) in [6, 6.07) is 26.3. The molecule has 0 radical (unpaired) electrons. The Balaban J connectivity index is 1.40. The van der Waals surface area contributed by atoms with Gasteiger partial charge in [0.15, 0.2) is 5.84 Å². The van der Waals surface area contributed by atoms with E-state index in [1.54, 1.807) is 6.08 Å². The Labute approximate surface area is 206 Å². The van der Waals surface area contributed by atoms with Crippen LogP contribution < -0.4 is 0 Å². The highest BCUT2D eigenvalue weighted by Crippen LogP contribution is 2.32. The van der Waals surface area contributed by atoms with Crippen LogP contribution in [0.3, 0.4) is 0 Å². The van der Waals surface area contributed by atoms with Crippen LogP contribution in [0.25, 0.3) is 22.5 Å². The topological polar surface area (TPSA) is 73.8 Å². The van der Waals surface area contributed by atoms with Crippen molar-refractivity contribution in [2.24, 2.45) is 10.1 Å². The second-order valence-electron chi connectivity index (χ2n) is 8.45. The molecule has 4 aromatic rings. The Morgan fingerprint density at radius 3 is 2.51 bits per heavy atom. The van der Waals surface area contributed by atoms with Crippen LogP contribution in [0.1, 0.15) is 22.5 Å². The van der Waals surface area contributed by atoms with E-state index in [2.05, 4.69) is 51.9 Å². The number of carbonyl (C=O) groups is 1. The predicted octanol–water partition coefficient (Wildman–Crippen LogP) is 5.91. The number of hydrogen-bond donors (Lipinski definition) is 1. The highest BCUT2D eigenvalue weighted by molar-refractivity contribution is 8.27. The van der Waals surface area contributed by atoms with E-state index in [1.165, 1.54) is 22.2 Å². The summed E-state index contributed by atoms with van der Waals surface area (Å²) in [6.45, 7) is 4.08. The van der Waals surface area contributed by atoms with Crippen molar-refractivity contribution in [3.63, 3.8) is 0 Å². The van der Waals surface area contributed by atoms with Crippen molar-refractivity contribution < 1.29 is 4.79 Å². The zero-order valence-electron chi connectivity index (χ0n) is 19.2. The van der Waals surface area contributed by atoms with Crippen molar-refractivity contribution in [3.8, 4) is 5.69 Å². The molecule has 170 valence electrons. The first-order chi connectivity index (χ1) is 17.0. The van der Waals surface area contributed by atoms with E-state index in [1.807, 2.05) is 55.5 Å². The summed E-state index contributed by atoms with van der Waals surface area (Å²) in [6.07, 6.45) is 1.76. The van der Waals surface area contributed by atoms with Crippen molar-refractivity contribution in [1.29, 1.82) is 5.41 Å². The average Bonchev–Trinajstić information content (AvgIpc) is 3.42. The Morgan fingerprint density at radius 2 is 1.69 bits per heavy atom. The molecular weight excluding hydrogens is 454 g/mol. The highest BCUT2D eigenvalue weighted by atomic mass is 32.2. The average molecular weight is 476 g/mol. The number of hydrogen-bond acceptors (Lipinski definition) is 4. The molecule has 2 aliphatic heterocycles. The van der Waals surface area contributed by atoms with E-state index >= 15 is 0 Å². The lowest BCUT2D eigenvalue weighted by Gasteiger charge is -2.20. The fourth-order valence-corrected chi connectivity index (χ4v) is 5.45. The summed E-state index contributed by atoms with van der Waals surface area (Å²) < 4.78 is 2.19. The number of nitrogens with one attached hydrogen (secondary N) is 1. The Kier molecular flexibility index (Phi) is 5.00. The van der Waals surface area contributed by atoms with E-state index in [4.69, 9.17) is 5.41 Å². The van der Waals surface area contributed by atoms with Gasteiger partial charge < -0.3 is 4.57 Å². The zero-order valence-corrected chi connectivity index (χ0v) is 20.0. The van der Waals surface area contributed by atoms with E-state index in [0.717, 1.165) is 38.6 Å². The minimum atomic E-state index is -0.423. The van der Waals surface area contributed by atoms with E-state index in [-0.39, 0.29) is 11.4 Å². The second-order valence-corrected chi connectivity index (χ2v) is 9.41.